The van der Waals surface area contributed by atoms with Crippen molar-refractivity contribution in [3.63, 3.8) is 0 Å². The van der Waals surface area contributed by atoms with Gasteiger partial charge < -0.3 is 5.32 Å². The van der Waals surface area contributed by atoms with Crippen LogP contribution < -0.4 is 5.32 Å². The van der Waals surface area contributed by atoms with Crippen LogP contribution in [0.25, 0.3) is 0 Å². The Kier molecular flexibility index (Phi) is 5.86. The van der Waals surface area contributed by atoms with Crippen molar-refractivity contribution in [3.05, 3.63) is 51.5 Å². The third-order valence-corrected chi connectivity index (χ3v) is 5.78. The molecule has 0 spiro atoms. The Morgan fingerprint density at radius 2 is 1.92 bits per heavy atom. The van der Waals surface area contributed by atoms with Crippen LogP contribution in [0.1, 0.15) is 46.8 Å². The van der Waals surface area contributed by atoms with Crippen molar-refractivity contribution >= 4 is 17.2 Å². The van der Waals surface area contributed by atoms with Gasteiger partial charge in [-0.25, -0.2) is 4.98 Å². The van der Waals surface area contributed by atoms with E-state index in [-0.39, 0.29) is 5.91 Å². The lowest BCUT2D eigenvalue weighted by Crippen LogP contribution is -2.38. The molecule has 1 aromatic carbocycles. The van der Waals surface area contributed by atoms with Gasteiger partial charge in [0.2, 0.25) is 0 Å². The van der Waals surface area contributed by atoms with Crippen LogP contribution in [0.3, 0.4) is 0 Å². The van der Waals surface area contributed by atoms with Gasteiger partial charge in [-0.05, 0) is 36.3 Å². The Morgan fingerprint density at radius 3 is 2.56 bits per heavy atom. The third-order valence-electron chi connectivity index (χ3n) is 4.85. The zero-order chi connectivity index (χ0) is 17.8. The van der Waals surface area contributed by atoms with E-state index in [0.29, 0.717) is 11.4 Å². The molecule has 2 atom stereocenters. The highest BCUT2D eigenvalue weighted by Crippen LogP contribution is 2.23. The van der Waals surface area contributed by atoms with Crippen molar-refractivity contribution in [1.82, 2.24) is 15.2 Å². The summed E-state index contributed by atoms with van der Waals surface area (Å²) in [6.45, 7) is 10.4. The van der Waals surface area contributed by atoms with Gasteiger partial charge in [-0.3, -0.25) is 9.69 Å². The zero-order valence-electron chi connectivity index (χ0n) is 15.3. The second kappa shape index (κ2) is 8.11. The molecule has 1 aromatic heterocycles. The lowest BCUT2D eigenvalue weighted by atomic mass is 9.91. The van der Waals surface area contributed by atoms with Gasteiger partial charge in [0.05, 0.1) is 11.2 Å². The lowest BCUT2D eigenvalue weighted by molar-refractivity contribution is 0.0954. The summed E-state index contributed by atoms with van der Waals surface area (Å²) in [6.07, 6.45) is 1.32. The number of carbonyl (C=O) groups is 1. The normalized spacial score (nSPS) is 21.2. The second-order valence-corrected chi connectivity index (χ2v) is 8.21. The highest BCUT2D eigenvalue weighted by atomic mass is 32.1. The standard InChI is InChI=1S/C20H27N3OS/c1-14-8-15(2)11-23(10-14)12-18-7-5-4-6-17(18)9-21-20(24)19-16(3)22-13-25-19/h4-7,13-15H,8-12H2,1-3H3,(H,21,24)/t14-,15-/m0/s1. The number of aryl methyl sites for hydroxylation is 1. The number of benzene rings is 1. The number of nitrogens with zero attached hydrogens (tertiary/aromatic N) is 2. The van der Waals surface area contributed by atoms with Gasteiger partial charge in [0.1, 0.15) is 4.88 Å². The van der Waals surface area contributed by atoms with Crippen molar-refractivity contribution in [1.29, 1.82) is 0 Å². The van der Waals surface area contributed by atoms with E-state index >= 15 is 0 Å². The van der Waals surface area contributed by atoms with Crippen molar-refractivity contribution in [2.45, 2.75) is 40.3 Å². The number of carbonyl (C=O) groups excluding carboxylic acids is 1. The van der Waals surface area contributed by atoms with E-state index in [1.165, 1.54) is 28.9 Å². The fraction of sp³-hybridized carbons (Fsp3) is 0.500. The maximum Gasteiger partial charge on any atom is 0.263 e. The van der Waals surface area contributed by atoms with Crippen molar-refractivity contribution in [2.75, 3.05) is 13.1 Å². The van der Waals surface area contributed by atoms with E-state index in [0.717, 1.165) is 37.2 Å². The molecule has 0 aliphatic carbocycles. The molecular weight excluding hydrogens is 330 g/mol. The lowest BCUT2D eigenvalue weighted by Gasteiger charge is -2.35. The van der Waals surface area contributed by atoms with Crippen LogP contribution in [0, 0.1) is 18.8 Å². The summed E-state index contributed by atoms with van der Waals surface area (Å²) in [5.74, 6) is 1.48. The Hall–Kier alpha value is -1.72. The minimum atomic E-state index is -0.0324. The largest absolute Gasteiger partial charge is 0.347 e. The van der Waals surface area contributed by atoms with E-state index in [4.69, 9.17) is 0 Å². The molecular formula is C20H27N3OS. The van der Waals surface area contributed by atoms with Crippen LogP contribution in [0.15, 0.2) is 29.8 Å². The molecule has 25 heavy (non-hydrogen) atoms. The number of thiazole rings is 1. The van der Waals surface area contributed by atoms with Crippen molar-refractivity contribution in [2.24, 2.45) is 11.8 Å². The highest BCUT2D eigenvalue weighted by molar-refractivity contribution is 7.11. The average molecular weight is 358 g/mol. The third kappa shape index (κ3) is 4.67. The molecule has 0 unspecified atom stereocenters. The summed E-state index contributed by atoms with van der Waals surface area (Å²) in [7, 11) is 0. The van der Waals surface area contributed by atoms with Crippen LogP contribution in [0.5, 0.6) is 0 Å². The first-order chi connectivity index (χ1) is 12.0. The number of amides is 1. The Balaban J connectivity index is 1.65. The second-order valence-electron chi connectivity index (χ2n) is 7.36. The molecule has 0 bridgehead atoms. The number of piperidine rings is 1. The number of hydrogen-bond acceptors (Lipinski definition) is 4. The van der Waals surface area contributed by atoms with Crippen LogP contribution in [0.2, 0.25) is 0 Å². The van der Waals surface area contributed by atoms with E-state index in [1.54, 1.807) is 5.51 Å². The summed E-state index contributed by atoms with van der Waals surface area (Å²) in [5, 5.41) is 3.05. The molecule has 1 fully saturated rings. The predicted octanol–water partition coefficient (Wildman–Crippen LogP) is 3.86. The summed E-state index contributed by atoms with van der Waals surface area (Å²) >= 11 is 1.39. The summed E-state index contributed by atoms with van der Waals surface area (Å²) in [6, 6.07) is 8.44. The molecule has 5 heteroatoms. The molecule has 1 saturated heterocycles. The van der Waals surface area contributed by atoms with Gasteiger partial charge in [0.25, 0.3) is 5.91 Å². The fourth-order valence-electron chi connectivity index (χ4n) is 3.82. The van der Waals surface area contributed by atoms with Gasteiger partial charge in [0.15, 0.2) is 0 Å². The SMILES string of the molecule is Cc1ncsc1C(=O)NCc1ccccc1CN1C[C@@H](C)C[C@H](C)C1. The molecule has 2 aromatic rings. The first kappa shape index (κ1) is 18.1. The molecule has 1 N–H and O–H groups in total. The van der Waals surface area contributed by atoms with E-state index in [2.05, 4.69) is 47.2 Å². The zero-order valence-corrected chi connectivity index (χ0v) is 16.1. The van der Waals surface area contributed by atoms with E-state index in [9.17, 15) is 4.79 Å². The predicted molar refractivity (Wildman–Crippen MR) is 103 cm³/mol. The molecule has 4 nitrogen and oxygen atoms in total. The maximum atomic E-state index is 12.3. The first-order valence-electron chi connectivity index (χ1n) is 9.00. The van der Waals surface area contributed by atoms with E-state index in [1.807, 2.05) is 13.0 Å². The fourth-order valence-corrected chi connectivity index (χ4v) is 4.54. The molecule has 1 aliphatic heterocycles. The van der Waals surface area contributed by atoms with Gasteiger partial charge in [-0.15, -0.1) is 11.3 Å². The number of rotatable bonds is 5. The van der Waals surface area contributed by atoms with Crippen molar-refractivity contribution < 1.29 is 4.79 Å². The van der Waals surface area contributed by atoms with Gasteiger partial charge in [0, 0.05) is 26.2 Å². The maximum absolute atomic E-state index is 12.3. The summed E-state index contributed by atoms with van der Waals surface area (Å²) in [4.78, 5) is 19.7. The van der Waals surface area contributed by atoms with Crippen LogP contribution >= 0.6 is 11.3 Å². The number of aromatic nitrogens is 1. The Morgan fingerprint density at radius 1 is 1.24 bits per heavy atom. The number of nitrogens with one attached hydrogen (secondary N) is 1. The molecule has 134 valence electrons. The summed E-state index contributed by atoms with van der Waals surface area (Å²) in [5.41, 5.74) is 5.03. The Labute approximate surface area is 154 Å². The first-order valence-corrected chi connectivity index (χ1v) is 9.88. The topological polar surface area (TPSA) is 45.2 Å². The molecule has 1 aliphatic rings. The number of hydrogen-bond donors (Lipinski definition) is 1. The molecule has 1 amide bonds. The molecule has 0 saturated carbocycles. The van der Waals surface area contributed by atoms with Gasteiger partial charge in [-0.1, -0.05) is 38.1 Å². The minimum absolute atomic E-state index is 0.0324. The number of likely N-dealkylation sites (tertiary alicyclic amines) is 1. The van der Waals surface area contributed by atoms with E-state index < -0.39 is 0 Å². The van der Waals surface area contributed by atoms with Crippen molar-refractivity contribution in [3.8, 4) is 0 Å². The average Bonchev–Trinajstić information content (AvgIpc) is 2.99. The van der Waals surface area contributed by atoms with Crippen LogP contribution in [0.4, 0.5) is 0 Å². The monoisotopic (exact) mass is 357 g/mol. The minimum Gasteiger partial charge on any atom is -0.347 e. The summed E-state index contributed by atoms with van der Waals surface area (Å²) < 4.78 is 0. The molecule has 2 heterocycles. The van der Waals surface area contributed by atoms with Gasteiger partial charge >= 0.3 is 0 Å². The molecule has 3 rings (SSSR count). The highest BCUT2D eigenvalue weighted by Gasteiger charge is 2.22. The van der Waals surface area contributed by atoms with Crippen LogP contribution in [-0.4, -0.2) is 28.9 Å². The quantitative estimate of drug-likeness (QED) is 0.884. The Bertz CT molecular complexity index is 717. The molecule has 0 radical (unpaired) electrons. The smallest absolute Gasteiger partial charge is 0.263 e. The van der Waals surface area contributed by atoms with Crippen LogP contribution in [-0.2, 0) is 13.1 Å². The van der Waals surface area contributed by atoms with Gasteiger partial charge in [-0.2, -0.15) is 0 Å².